The van der Waals surface area contributed by atoms with Crippen LogP contribution < -0.4 is 14.4 Å². The number of benzene rings is 1. The maximum absolute atomic E-state index is 13.1. The van der Waals surface area contributed by atoms with E-state index in [1.165, 1.54) is 24.8 Å². The van der Waals surface area contributed by atoms with Gasteiger partial charge in [0.05, 0.1) is 0 Å². The molecule has 1 saturated carbocycles. The van der Waals surface area contributed by atoms with Crippen LogP contribution in [-0.4, -0.2) is 23.7 Å². The molecule has 1 aliphatic heterocycles. The molecule has 0 unspecified atom stereocenters. The van der Waals surface area contributed by atoms with E-state index in [4.69, 9.17) is 9.47 Å². The highest BCUT2D eigenvalue weighted by Gasteiger charge is 2.27. The first kappa shape index (κ1) is 17.8. The fourth-order valence-electron chi connectivity index (χ4n) is 4.01. The second kappa shape index (κ2) is 8.42. The van der Waals surface area contributed by atoms with Crippen molar-refractivity contribution in [2.45, 2.75) is 57.4 Å². The minimum atomic E-state index is 0.182. The number of carbonyl (C=O) groups excluding carboxylic acids is 1. The molecular formula is C22H26N2O3. The highest BCUT2D eigenvalue weighted by molar-refractivity contribution is 5.93. The summed E-state index contributed by atoms with van der Waals surface area (Å²) in [4.78, 5) is 19.5. The molecule has 1 aliphatic carbocycles. The van der Waals surface area contributed by atoms with Crippen LogP contribution in [0.5, 0.6) is 11.5 Å². The lowest BCUT2D eigenvalue weighted by Crippen LogP contribution is -2.42. The number of aromatic nitrogens is 1. The first-order valence-electron chi connectivity index (χ1n) is 9.93. The Morgan fingerprint density at radius 2 is 1.93 bits per heavy atom. The number of fused-ring (bicyclic) bond motifs is 1. The number of anilines is 1. The van der Waals surface area contributed by atoms with Gasteiger partial charge < -0.3 is 9.47 Å². The molecule has 2 aliphatic rings. The number of amides is 1. The Morgan fingerprint density at radius 1 is 1.07 bits per heavy atom. The van der Waals surface area contributed by atoms with E-state index >= 15 is 0 Å². The fraction of sp³-hybridized carbons (Fsp3) is 0.455. The number of ether oxygens (including phenoxy) is 2. The Labute approximate surface area is 160 Å². The van der Waals surface area contributed by atoms with Crippen molar-refractivity contribution >= 4 is 11.7 Å². The van der Waals surface area contributed by atoms with E-state index in [1.807, 2.05) is 35.2 Å². The maximum atomic E-state index is 13.1. The fourth-order valence-corrected chi connectivity index (χ4v) is 4.01. The predicted molar refractivity (Wildman–Crippen MR) is 104 cm³/mol. The zero-order chi connectivity index (χ0) is 18.5. The topological polar surface area (TPSA) is 51.7 Å². The molecule has 0 N–H and O–H groups in total. The molecule has 1 aromatic carbocycles. The molecule has 2 aromatic rings. The molecule has 0 saturated heterocycles. The Bertz CT molecular complexity index is 772. The van der Waals surface area contributed by atoms with Crippen LogP contribution in [0.2, 0.25) is 0 Å². The quantitative estimate of drug-likeness (QED) is 0.755. The van der Waals surface area contributed by atoms with E-state index in [0.717, 1.165) is 43.0 Å². The minimum absolute atomic E-state index is 0.182. The summed E-state index contributed by atoms with van der Waals surface area (Å²) >= 11 is 0. The van der Waals surface area contributed by atoms with Gasteiger partial charge in [-0.3, -0.25) is 9.69 Å². The highest BCUT2D eigenvalue weighted by Crippen LogP contribution is 2.33. The van der Waals surface area contributed by atoms with Gasteiger partial charge in [-0.25, -0.2) is 4.98 Å². The molecule has 1 amide bonds. The van der Waals surface area contributed by atoms with E-state index in [-0.39, 0.29) is 18.7 Å². The molecule has 27 heavy (non-hydrogen) atoms. The van der Waals surface area contributed by atoms with Crippen LogP contribution in [0.1, 0.15) is 50.5 Å². The molecule has 1 fully saturated rings. The van der Waals surface area contributed by atoms with Crippen molar-refractivity contribution in [2.75, 3.05) is 11.7 Å². The van der Waals surface area contributed by atoms with Gasteiger partial charge in [0.2, 0.25) is 12.7 Å². The monoisotopic (exact) mass is 366 g/mol. The summed E-state index contributed by atoms with van der Waals surface area (Å²) in [5.41, 5.74) is 1.18. The summed E-state index contributed by atoms with van der Waals surface area (Å²) < 4.78 is 10.8. The Hall–Kier alpha value is -2.56. The van der Waals surface area contributed by atoms with Gasteiger partial charge in [-0.2, -0.15) is 0 Å². The van der Waals surface area contributed by atoms with Gasteiger partial charge in [-0.15, -0.1) is 0 Å². The third-order valence-electron chi connectivity index (χ3n) is 5.40. The summed E-state index contributed by atoms with van der Waals surface area (Å²) in [7, 11) is 0. The van der Waals surface area contributed by atoms with Crippen molar-refractivity contribution in [3.8, 4) is 11.5 Å². The second-order valence-electron chi connectivity index (χ2n) is 7.28. The zero-order valence-electron chi connectivity index (χ0n) is 15.6. The van der Waals surface area contributed by atoms with E-state index in [9.17, 15) is 4.79 Å². The number of nitrogens with zero attached hydrogens (tertiary/aromatic N) is 2. The minimum Gasteiger partial charge on any atom is -0.454 e. The molecule has 0 radical (unpaired) electrons. The second-order valence-corrected chi connectivity index (χ2v) is 7.28. The van der Waals surface area contributed by atoms with Crippen molar-refractivity contribution in [3.63, 3.8) is 0 Å². The van der Waals surface area contributed by atoms with Gasteiger partial charge in [-0.05, 0) is 55.5 Å². The maximum Gasteiger partial charge on any atom is 0.231 e. The lowest BCUT2D eigenvalue weighted by Gasteiger charge is -2.33. The van der Waals surface area contributed by atoms with E-state index < -0.39 is 0 Å². The lowest BCUT2D eigenvalue weighted by atomic mass is 9.93. The van der Waals surface area contributed by atoms with Crippen LogP contribution >= 0.6 is 0 Å². The first-order chi connectivity index (χ1) is 13.3. The summed E-state index contributed by atoms with van der Waals surface area (Å²) in [6.45, 7) is 0.289. The van der Waals surface area contributed by atoms with Crippen molar-refractivity contribution in [1.29, 1.82) is 0 Å². The van der Waals surface area contributed by atoms with E-state index in [0.29, 0.717) is 6.42 Å². The Morgan fingerprint density at radius 3 is 2.74 bits per heavy atom. The van der Waals surface area contributed by atoms with Gasteiger partial charge in [0, 0.05) is 18.7 Å². The summed E-state index contributed by atoms with van der Waals surface area (Å²) in [5.74, 6) is 2.57. The predicted octanol–water partition coefficient (Wildman–Crippen LogP) is 4.50. The summed E-state index contributed by atoms with van der Waals surface area (Å²) in [6.07, 6.45) is 9.76. The van der Waals surface area contributed by atoms with Crippen LogP contribution in [0.25, 0.3) is 0 Å². The number of aryl methyl sites for hydroxylation is 1. The standard InChI is InChI=1S/C22H26N2O3/c25-22(11-6-7-17-12-13-19-20(15-17)27-16-26-19)24(18-8-2-1-3-9-18)21-10-4-5-14-23-21/h4-5,10,12-15,18H,1-3,6-9,11,16H2. The first-order valence-corrected chi connectivity index (χ1v) is 9.93. The molecule has 0 spiro atoms. The van der Waals surface area contributed by atoms with Crippen molar-refractivity contribution < 1.29 is 14.3 Å². The molecule has 0 bridgehead atoms. The number of hydrogen-bond acceptors (Lipinski definition) is 4. The molecule has 5 heteroatoms. The van der Waals surface area contributed by atoms with Crippen molar-refractivity contribution in [1.82, 2.24) is 4.98 Å². The molecule has 4 rings (SSSR count). The Kier molecular flexibility index (Phi) is 5.56. The van der Waals surface area contributed by atoms with Crippen LogP contribution in [0.3, 0.4) is 0 Å². The molecule has 0 atom stereocenters. The molecule has 142 valence electrons. The molecule has 2 heterocycles. The van der Waals surface area contributed by atoms with Gasteiger partial charge in [0.1, 0.15) is 5.82 Å². The summed E-state index contributed by atoms with van der Waals surface area (Å²) in [6, 6.07) is 12.1. The third kappa shape index (κ3) is 4.24. The number of rotatable bonds is 6. The van der Waals surface area contributed by atoms with Crippen molar-refractivity contribution in [3.05, 3.63) is 48.2 Å². The molecule has 1 aromatic heterocycles. The SMILES string of the molecule is O=C(CCCc1ccc2c(c1)OCO2)N(c1ccccn1)C1CCCCC1. The highest BCUT2D eigenvalue weighted by atomic mass is 16.7. The van der Waals surface area contributed by atoms with Crippen LogP contribution in [0, 0.1) is 0 Å². The Balaban J connectivity index is 1.39. The van der Waals surface area contributed by atoms with Gasteiger partial charge in [0.15, 0.2) is 11.5 Å². The lowest BCUT2D eigenvalue weighted by molar-refractivity contribution is -0.119. The number of carbonyl (C=O) groups is 1. The summed E-state index contributed by atoms with van der Waals surface area (Å²) in [5, 5.41) is 0. The third-order valence-corrected chi connectivity index (χ3v) is 5.40. The zero-order valence-corrected chi connectivity index (χ0v) is 15.6. The van der Waals surface area contributed by atoms with E-state index in [1.54, 1.807) is 6.20 Å². The van der Waals surface area contributed by atoms with Crippen LogP contribution in [0.4, 0.5) is 5.82 Å². The van der Waals surface area contributed by atoms with E-state index in [2.05, 4.69) is 11.1 Å². The van der Waals surface area contributed by atoms with Crippen LogP contribution in [0.15, 0.2) is 42.6 Å². The smallest absolute Gasteiger partial charge is 0.231 e. The average molecular weight is 366 g/mol. The average Bonchev–Trinajstić information content (AvgIpc) is 3.18. The van der Waals surface area contributed by atoms with Gasteiger partial charge >= 0.3 is 0 Å². The van der Waals surface area contributed by atoms with Gasteiger partial charge in [-0.1, -0.05) is 31.4 Å². The largest absolute Gasteiger partial charge is 0.454 e. The number of hydrogen-bond donors (Lipinski definition) is 0. The molecular weight excluding hydrogens is 340 g/mol. The normalized spacial score (nSPS) is 16.3. The number of pyridine rings is 1. The van der Waals surface area contributed by atoms with Gasteiger partial charge in [0.25, 0.3) is 0 Å². The van der Waals surface area contributed by atoms with Crippen molar-refractivity contribution in [2.24, 2.45) is 0 Å². The molecule has 5 nitrogen and oxygen atoms in total. The van der Waals surface area contributed by atoms with Crippen LogP contribution in [-0.2, 0) is 11.2 Å².